The van der Waals surface area contributed by atoms with Gasteiger partial charge in [-0.1, -0.05) is 23.4 Å². The van der Waals surface area contributed by atoms with E-state index in [0.717, 1.165) is 48.3 Å². The first-order chi connectivity index (χ1) is 13.2. The molecule has 140 valence electrons. The molecule has 1 saturated heterocycles. The zero-order valence-electron chi connectivity index (χ0n) is 15.5. The largest absolute Gasteiger partial charge is 0.361 e. The smallest absolute Gasteiger partial charge is 0.227 e. The van der Waals surface area contributed by atoms with Gasteiger partial charge in [-0.3, -0.25) is 4.79 Å². The highest BCUT2D eigenvalue weighted by molar-refractivity contribution is 5.80. The van der Waals surface area contributed by atoms with Gasteiger partial charge in [-0.15, -0.1) is 0 Å². The predicted molar refractivity (Wildman–Crippen MR) is 105 cm³/mol. The van der Waals surface area contributed by atoms with Crippen LogP contribution in [0.3, 0.4) is 0 Å². The number of hydrogen-bond donors (Lipinski definition) is 1. The Morgan fingerprint density at radius 3 is 3.04 bits per heavy atom. The molecule has 27 heavy (non-hydrogen) atoms. The molecule has 0 radical (unpaired) electrons. The molecule has 6 nitrogen and oxygen atoms in total. The second-order valence-corrected chi connectivity index (χ2v) is 7.23. The molecule has 1 N–H and O–H groups in total. The molecule has 3 heterocycles. The molecule has 1 aliphatic heterocycles. The molecule has 0 aliphatic carbocycles. The summed E-state index contributed by atoms with van der Waals surface area (Å²) < 4.78 is 5.11. The number of amides is 1. The van der Waals surface area contributed by atoms with Crippen LogP contribution in [0.5, 0.6) is 0 Å². The van der Waals surface area contributed by atoms with Gasteiger partial charge in [-0.05, 0) is 43.9 Å². The number of carbonyl (C=O) groups excluding carboxylic acids is 1. The number of anilines is 1. The molecule has 0 bridgehead atoms. The summed E-state index contributed by atoms with van der Waals surface area (Å²) in [4.78, 5) is 19.3. The average molecular weight is 364 g/mol. The predicted octanol–water partition coefficient (Wildman–Crippen LogP) is 3.11. The van der Waals surface area contributed by atoms with Crippen LogP contribution in [0.4, 0.5) is 5.82 Å². The zero-order chi connectivity index (χ0) is 18.6. The van der Waals surface area contributed by atoms with E-state index >= 15 is 0 Å². The number of nitrogens with one attached hydrogen (secondary N) is 1. The number of pyridine rings is 1. The Bertz CT molecular complexity index is 937. The SMILES string of the molecule is Cc1cc(CC(=O)NCC2CCCN(c3ccc4ccccc4n3)C2)on1. The minimum atomic E-state index is -0.0212. The highest BCUT2D eigenvalue weighted by Gasteiger charge is 2.22. The van der Waals surface area contributed by atoms with Crippen molar-refractivity contribution >= 4 is 22.6 Å². The molecule has 0 spiro atoms. The molecule has 1 atom stereocenters. The fourth-order valence-electron chi connectivity index (χ4n) is 3.65. The Morgan fingerprint density at radius 1 is 1.30 bits per heavy atom. The number of piperidine rings is 1. The number of fused-ring (bicyclic) bond motifs is 1. The van der Waals surface area contributed by atoms with Crippen molar-refractivity contribution in [1.29, 1.82) is 0 Å². The van der Waals surface area contributed by atoms with E-state index in [-0.39, 0.29) is 12.3 Å². The van der Waals surface area contributed by atoms with Crippen molar-refractivity contribution in [1.82, 2.24) is 15.5 Å². The highest BCUT2D eigenvalue weighted by atomic mass is 16.5. The van der Waals surface area contributed by atoms with Crippen LogP contribution in [-0.2, 0) is 11.2 Å². The third-order valence-electron chi connectivity index (χ3n) is 5.03. The number of benzene rings is 1. The number of nitrogens with zero attached hydrogens (tertiary/aromatic N) is 3. The summed E-state index contributed by atoms with van der Waals surface area (Å²) in [5.74, 6) is 2.03. The second-order valence-electron chi connectivity index (χ2n) is 7.23. The molecule has 6 heteroatoms. The quantitative estimate of drug-likeness (QED) is 0.753. The molecule has 1 fully saturated rings. The first kappa shape index (κ1) is 17.5. The van der Waals surface area contributed by atoms with Crippen molar-refractivity contribution < 1.29 is 9.32 Å². The van der Waals surface area contributed by atoms with Crippen LogP contribution in [-0.4, -0.2) is 35.7 Å². The maximum absolute atomic E-state index is 12.1. The maximum atomic E-state index is 12.1. The maximum Gasteiger partial charge on any atom is 0.227 e. The van der Waals surface area contributed by atoms with Crippen molar-refractivity contribution in [2.24, 2.45) is 5.92 Å². The van der Waals surface area contributed by atoms with Gasteiger partial charge in [0, 0.05) is 31.1 Å². The highest BCUT2D eigenvalue weighted by Crippen LogP contribution is 2.23. The topological polar surface area (TPSA) is 71.3 Å². The number of para-hydroxylation sites is 1. The van der Waals surface area contributed by atoms with Gasteiger partial charge in [0.05, 0.1) is 17.6 Å². The Labute approximate surface area is 158 Å². The van der Waals surface area contributed by atoms with E-state index in [1.807, 2.05) is 25.1 Å². The molecular formula is C21H24N4O2. The Balaban J connectivity index is 1.34. The van der Waals surface area contributed by atoms with Crippen molar-refractivity contribution in [3.63, 3.8) is 0 Å². The molecular weight excluding hydrogens is 340 g/mol. The van der Waals surface area contributed by atoms with Crippen LogP contribution in [0.15, 0.2) is 47.0 Å². The molecule has 0 saturated carbocycles. The van der Waals surface area contributed by atoms with Gasteiger partial charge in [0.15, 0.2) is 0 Å². The lowest BCUT2D eigenvalue weighted by Gasteiger charge is -2.33. The first-order valence-corrected chi connectivity index (χ1v) is 9.47. The van der Waals surface area contributed by atoms with Crippen LogP contribution < -0.4 is 10.2 Å². The van der Waals surface area contributed by atoms with Crippen LogP contribution in [0, 0.1) is 12.8 Å². The van der Waals surface area contributed by atoms with Gasteiger partial charge in [0.1, 0.15) is 11.6 Å². The second kappa shape index (κ2) is 7.78. The van der Waals surface area contributed by atoms with Crippen molar-refractivity contribution in [2.75, 3.05) is 24.5 Å². The number of hydrogen-bond acceptors (Lipinski definition) is 5. The van der Waals surface area contributed by atoms with Crippen molar-refractivity contribution in [3.8, 4) is 0 Å². The summed E-state index contributed by atoms with van der Waals surface area (Å²) in [5.41, 5.74) is 1.82. The van der Waals surface area contributed by atoms with Gasteiger partial charge in [-0.25, -0.2) is 4.98 Å². The summed E-state index contributed by atoms with van der Waals surface area (Å²) in [6.45, 7) is 4.44. The minimum Gasteiger partial charge on any atom is -0.361 e. The Kier molecular flexibility index (Phi) is 5.05. The van der Waals surface area contributed by atoms with E-state index in [9.17, 15) is 4.79 Å². The number of aryl methyl sites for hydroxylation is 1. The van der Waals surface area contributed by atoms with Crippen molar-refractivity contribution in [2.45, 2.75) is 26.2 Å². The summed E-state index contributed by atoms with van der Waals surface area (Å²) in [5, 5.41) is 8.01. The van der Waals surface area contributed by atoms with Crippen LogP contribution in [0.25, 0.3) is 10.9 Å². The molecule has 1 unspecified atom stereocenters. The molecule has 1 amide bonds. The minimum absolute atomic E-state index is 0.0212. The van der Waals surface area contributed by atoms with Gasteiger partial charge in [-0.2, -0.15) is 0 Å². The van der Waals surface area contributed by atoms with Gasteiger partial charge in [0.25, 0.3) is 0 Å². The third-order valence-corrected chi connectivity index (χ3v) is 5.03. The van der Waals surface area contributed by atoms with Gasteiger partial charge in [0.2, 0.25) is 5.91 Å². The Hall–Kier alpha value is -2.89. The van der Waals surface area contributed by atoms with E-state index in [1.165, 1.54) is 0 Å². The normalized spacial score (nSPS) is 17.2. The lowest BCUT2D eigenvalue weighted by Crippen LogP contribution is -2.41. The van der Waals surface area contributed by atoms with E-state index in [4.69, 9.17) is 9.51 Å². The zero-order valence-corrected chi connectivity index (χ0v) is 15.5. The molecule has 2 aromatic heterocycles. The van der Waals surface area contributed by atoms with Crippen molar-refractivity contribution in [3.05, 3.63) is 53.9 Å². The number of rotatable bonds is 5. The standard InChI is InChI=1S/C21H24N4O2/c1-15-11-18(27-24-15)12-21(26)22-13-16-5-4-10-25(14-16)20-9-8-17-6-2-3-7-19(17)23-20/h2-3,6-9,11,16H,4-5,10,12-14H2,1H3,(H,22,26). The van der Waals surface area contributed by atoms with E-state index in [2.05, 4.69) is 33.6 Å². The molecule has 1 aromatic carbocycles. The molecule has 3 aromatic rings. The van der Waals surface area contributed by atoms with Crippen LogP contribution >= 0.6 is 0 Å². The van der Waals surface area contributed by atoms with Gasteiger partial charge < -0.3 is 14.7 Å². The van der Waals surface area contributed by atoms with Crippen LogP contribution in [0.1, 0.15) is 24.3 Å². The lowest BCUT2D eigenvalue weighted by molar-refractivity contribution is -0.120. The Morgan fingerprint density at radius 2 is 2.19 bits per heavy atom. The summed E-state index contributed by atoms with van der Waals surface area (Å²) in [7, 11) is 0. The van der Waals surface area contributed by atoms with Crippen LogP contribution in [0.2, 0.25) is 0 Å². The summed E-state index contributed by atoms with van der Waals surface area (Å²) in [6, 6.07) is 14.2. The summed E-state index contributed by atoms with van der Waals surface area (Å²) >= 11 is 0. The van der Waals surface area contributed by atoms with E-state index in [1.54, 1.807) is 6.07 Å². The summed E-state index contributed by atoms with van der Waals surface area (Å²) in [6.07, 6.45) is 2.46. The number of carbonyl (C=O) groups is 1. The molecule has 1 aliphatic rings. The lowest BCUT2D eigenvalue weighted by atomic mass is 9.98. The van der Waals surface area contributed by atoms with Gasteiger partial charge >= 0.3 is 0 Å². The average Bonchev–Trinajstić information content (AvgIpc) is 3.11. The van der Waals surface area contributed by atoms with E-state index < -0.39 is 0 Å². The van der Waals surface area contributed by atoms with E-state index in [0.29, 0.717) is 18.2 Å². The fraction of sp³-hybridized carbons (Fsp3) is 0.381. The fourth-order valence-corrected chi connectivity index (χ4v) is 3.65. The first-order valence-electron chi connectivity index (χ1n) is 9.47. The molecule has 4 rings (SSSR count). The number of aromatic nitrogens is 2. The third kappa shape index (κ3) is 4.27. The monoisotopic (exact) mass is 364 g/mol.